The SMILES string of the molecule is COc1ccccc1N1CCN(c2ccc(NC(=O)C(c3ccccc3)c3ccccc3)cc2C(=O)NC2CC2)CC1. The summed E-state index contributed by atoms with van der Waals surface area (Å²) >= 11 is 0. The van der Waals surface area contributed by atoms with Crippen molar-refractivity contribution in [2.24, 2.45) is 0 Å². The molecule has 0 radical (unpaired) electrons. The second kappa shape index (κ2) is 12.4. The summed E-state index contributed by atoms with van der Waals surface area (Å²) in [6.45, 7) is 3.13. The number of hydrogen-bond acceptors (Lipinski definition) is 5. The lowest BCUT2D eigenvalue weighted by molar-refractivity contribution is -0.116. The van der Waals surface area contributed by atoms with Gasteiger partial charge in [-0.25, -0.2) is 0 Å². The van der Waals surface area contributed by atoms with E-state index in [1.807, 2.05) is 97.1 Å². The number of para-hydroxylation sites is 2. The minimum absolute atomic E-state index is 0.0987. The average Bonchev–Trinajstić information content (AvgIpc) is 3.86. The molecule has 2 N–H and O–H groups in total. The van der Waals surface area contributed by atoms with Crippen molar-refractivity contribution in [2.75, 3.05) is 48.4 Å². The first-order valence-electron chi connectivity index (χ1n) is 14.6. The summed E-state index contributed by atoms with van der Waals surface area (Å²) in [4.78, 5) is 31.8. The van der Waals surface area contributed by atoms with Crippen LogP contribution >= 0.6 is 0 Å². The van der Waals surface area contributed by atoms with Crippen LogP contribution in [0.2, 0.25) is 0 Å². The predicted molar refractivity (Wildman–Crippen MR) is 168 cm³/mol. The highest BCUT2D eigenvalue weighted by Crippen LogP contribution is 2.32. The molecule has 0 aromatic heterocycles. The average molecular weight is 561 g/mol. The number of benzene rings is 4. The van der Waals surface area contributed by atoms with Crippen LogP contribution in [0.1, 0.15) is 40.2 Å². The summed E-state index contributed by atoms with van der Waals surface area (Å²) in [6.07, 6.45) is 2.01. The number of amides is 2. The Morgan fingerprint density at radius 2 is 1.31 bits per heavy atom. The van der Waals surface area contributed by atoms with E-state index in [1.54, 1.807) is 7.11 Å². The molecule has 7 heteroatoms. The van der Waals surface area contributed by atoms with Crippen LogP contribution in [0.4, 0.5) is 17.1 Å². The topological polar surface area (TPSA) is 73.9 Å². The van der Waals surface area contributed by atoms with Gasteiger partial charge < -0.3 is 25.2 Å². The summed E-state index contributed by atoms with van der Waals surface area (Å²) in [5.41, 5.74) is 4.98. The Morgan fingerprint density at radius 3 is 1.90 bits per heavy atom. The molecule has 1 heterocycles. The van der Waals surface area contributed by atoms with Gasteiger partial charge in [-0.1, -0.05) is 72.8 Å². The summed E-state index contributed by atoms with van der Waals surface area (Å²) in [5, 5.41) is 6.26. The third kappa shape index (κ3) is 6.10. The van der Waals surface area contributed by atoms with Gasteiger partial charge in [0.15, 0.2) is 0 Å². The highest BCUT2D eigenvalue weighted by atomic mass is 16.5. The van der Waals surface area contributed by atoms with Crippen molar-refractivity contribution in [2.45, 2.75) is 24.8 Å². The van der Waals surface area contributed by atoms with E-state index in [0.717, 1.165) is 67.3 Å². The zero-order valence-electron chi connectivity index (χ0n) is 23.8. The molecule has 0 unspecified atom stereocenters. The molecule has 1 aliphatic heterocycles. The largest absolute Gasteiger partial charge is 0.495 e. The Hall–Kier alpha value is -4.78. The second-order valence-electron chi connectivity index (χ2n) is 10.9. The molecule has 0 spiro atoms. The molecule has 0 atom stereocenters. The van der Waals surface area contributed by atoms with E-state index in [2.05, 4.69) is 26.5 Å². The van der Waals surface area contributed by atoms with Gasteiger partial charge in [-0.3, -0.25) is 9.59 Å². The highest BCUT2D eigenvalue weighted by Gasteiger charge is 2.29. The van der Waals surface area contributed by atoms with Gasteiger partial charge in [0, 0.05) is 43.6 Å². The monoisotopic (exact) mass is 560 g/mol. The molecule has 1 saturated heterocycles. The van der Waals surface area contributed by atoms with Crippen LogP contribution in [0.3, 0.4) is 0 Å². The maximum absolute atomic E-state index is 13.8. The van der Waals surface area contributed by atoms with Crippen molar-refractivity contribution in [1.82, 2.24) is 5.32 Å². The number of methoxy groups -OCH3 is 1. The quantitative estimate of drug-likeness (QED) is 0.275. The third-order valence-electron chi connectivity index (χ3n) is 8.00. The molecule has 6 rings (SSSR count). The Morgan fingerprint density at radius 1 is 0.738 bits per heavy atom. The zero-order valence-corrected chi connectivity index (χ0v) is 23.8. The molecule has 214 valence electrons. The lowest BCUT2D eigenvalue weighted by atomic mass is 9.90. The molecule has 4 aromatic carbocycles. The van der Waals surface area contributed by atoms with Crippen molar-refractivity contribution >= 4 is 28.9 Å². The Kier molecular flexibility index (Phi) is 8.08. The standard InChI is InChI=1S/C35H36N4O3/c1-42-32-15-9-8-14-31(32)39-22-20-38(21-23-39)30-19-18-28(24-29(30)34(40)36-27-16-17-27)37-35(41)33(25-10-4-2-5-11-25)26-12-6-3-7-13-26/h2-15,18-19,24,27,33H,16-17,20-23H2,1H3,(H,36,40)(H,37,41). The van der Waals surface area contributed by atoms with Crippen molar-refractivity contribution in [3.8, 4) is 5.75 Å². The molecule has 42 heavy (non-hydrogen) atoms. The van der Waals surface area contributed by atoms with Crippen molar-refractivity contribution < 1.29 is 14.3 Å². The fourth-order valence-corrected chi connectivity index (χ4v) is 5.64. The van der Waals surface area contributed by atoms with Crippen LogP contribution in [0, 0.1) is 0 Å². The number of anilines is 3. The number of hydrogen-bond donors (Lipinski definition) is 2. The maximum Gasteiger partial charge on any atom is 0.253 e. The van der Waals surface area contributed by atoms with E-state index in [9.17, 15) is 9.59 Å². The predicted octanol–water partition coefficient (Wildman–Crippen LogP) is 5.68. The zero-order chi connectivity index (χ0) is 28.9. The summed E-state index contributed by atoms with van der Waals surface area (Å²) in [7, 11) is 1.70. The van der Waals surface area contributed by atoms with Crippen LogP contribution in [-0.4, -0.2) is 51.1 Å². The molecule has 2 aliphatic rings. The Balaban J connectivity index is 1.24. The number of ether oxygens (including phenoxy) is 1. The summed E-state index contributed by atoms with van der Waals surface area (Å²) < 4.78 is 5.58. The molecule has 7 nitrogen and oxygen atoms in total. The van der Waals surface area contributed by atoms with Gasteiger partial charge in [-0.2, -0.15) is 0 Å². The molecular formula is C35H36N4O3. The van der Waals surface area contributed by atoms with Gasteiger partial charge in [-0.15, -0.1) is 0 Å². The van der Waals surface area contributed by atoms with Gasteiger partial charge in [0.05, 0.1) is 24.3 Å². The normalized spacial score (nSPS) is 14.9. The highest BCUT2D eigenvalue weighted by molar-refractivity contribution is 6.03. The Labute approximate surface area is 247 Å². The molecule has 0 bridgehead atoms. The van der Waals surface area contributed by atoms with E-state index < -0.39 is 5.92 Å². The van der Waals surface area contributed by atoms with Crippen LogP contribution in [0.5, 0.6) is 5.75 Å². The van der Waals surface area contributed by atoms with Gasteiger partial charge >= 0.3 is 0 Å². The van der Waals surface area contributed by atoms with Crippen LogP contribution < -0.4 is 25.2 Å². The lowest BCUT2D eigenvalue weighted by Crippen LogP contribution is -2.47. The van der Waals surface area contributed by atoms with Crippen molar-refractivity contribution in [3.05, 3.63) is 120 Å². The first kappa shape index (κ1) is 27.4. The third-order valence-corrected chi connectivity index (χ3v) is 8.00. The fraction of sp³-hybridized carbons (Fsp3) is 0.257. The lowest BCUT2D eigenvalue weighted by Gasteiger charge is -2.38. The van der Waals surface area contributed by atoms with E-state index in [-0.39, 0.29) is 17.9 Å². The molecule has 4 aromatic rings. The number of rotatable bonds is 9. The number of piperazine rings is 1. The van der Waals surface area contributed by atoms with Crippen LogP contribution in [0.25, 0.3) is 0 Å². The van der Waals surface area contributed by atoms with E-state index in [4.69, 9.17) is 4.74 Å². The minimum atomic E-state index is -0.473. The number of carbonyl (C=O) groups is 2. The van der Waals surface area contributed by atoms with E-state index in [1.165, 1.54) is 0 Å². The molecule has 1 saturated carbocycles. The minimum Gasteiger partial charge on any atom is -0.495 e. The summed E-state index contributed by atoms with van der Waals surface area (Å²) in [6, 6.07) is 33.6. The fourth-order valence-electron chi connectivity index (χ4n) is 5.64. The smallest absolute Gasteiger partial charge is 0.253 e. The van der Waals surface area contributed by atoms with Crippen LogP contribution in [-0.2, 0) is 4.79 Å². The van der Waals surface area contributed by atoms with E-state index >= 15 is 0 Å². The van der Waals surface area contributed by atoms with Gasteiger partial charge in [0.25, 0.3) is 5.91 Å². The van der Waals surface area contributed by atoms with Gasteiger partial charge in [0.2, 0.25) is 5.91 Å². The van der Waals surface area contributed by atoms with Crippen molar-refractivity contribution in [3.63, 3.8) is 0 Å². The molecule has 2 amide bonds. The molecular weight excluding hydrogens is 524 g/mol. The Bertz CT molecular complexity index is 1490. The second-order valence-corrected chi connectivity index (χ2v) is 10.9. The van der Waals surface area contributed by atoms with Gasteiger partial charge in [0.1, 0.15) is 5.75 Å². The van der Waals surface area contributed by atoms with Crippen molar-refractivity contribution in [1.29, 1.82) is 0 Å². The van der Waals surface area contributed by atoms with E-state index in [0.29, 0.717) is 11.3 Å². The molecule has 2 fully saturated rings. The maximum atomic E-state index is 13.8. The van der Waals surface area contributed by atoms with Crippen LogP contribution in [0.15, 0.2) is 103 Å². The first-order chi connectivity index (χ1) is 20.6. The first-order valence-corrected chi connectivity index (χ1v) is 14.6. The van der Waals surface area contributed by atoms with Gasteiger partial charge in [-0.05, 0) is 54.3 Å². The summed E-state index contributed by atoms with van der Waals surface area (Å²) in [5.74, 6) is 0.149. The number of nitrogens with one attached hydrogen (secondary N) is 2. The number of carbonyl (C=O) groups excluding carboxylic acids is 2. The number of nitrogens with zero attached hydrogens (tertiary/aromatic N) is 2. The molecule has 1 aliphatic carbocycles.